The van der Waals surface area contributed by atoms with Gasteiger partial charge in [-0.05, 0) is 67.7 Å². The van der Waals surface area contributed by atoms with E-state index in [1.807, 2.05) is 53.2 Å². The summed E-state index contributed by atoms with van der Waals surface area (Å²) in [6.45, 7) is 5.91. The molecule has 1 aromatic carbocycles. The first-order chi connectivity index (χ1) is 18.6. The third-order valence-electron chi connectivity index (χ3n) is 7.83. The highest BCUT2D eigenvalue weighted by Gasteiger charge is 2.36. The van der Waals surface area contributed by atoms with E-state index in [9.17, 15) is 14.1 Å². The summed E-state index contributed by atoms with van der Waals surface area (Å²) in [5.41, 5.74) is 17.4. The van der Waals surface area contributed by atoms with Gasteiger partial charge in [-0.25, -0.2) is 13.5 Å². The minimum absolute atomic E-state index is 0.0870. The van der Waals surface area contributed by atoms with Gasteiger partial charge in [-0.15, -0.1) is 0 Å². The van der Waals surface area contributed by atoms with Crippen LogP contribution in [0.4, 0.5) is 11.6 Å². The first-order valence-electron chi connectivity index (χ1n) is 13.2. The average molecular weight is 549 g/mol. The summed E-state index contributed by atoms with van der Waals surface area (Å²) in [4.78, 5) is 19.6. The summed E-state index contributed by atoms with van der Waals surface area (Å²) in [6, 6.07) is 12.0. The predicted molar refractivity (Wildman–Crippen MR) is 154 cm³/mol. The van der Waals surface area contributed by atoms with Crippen molar-refractivity contribution in [2.75, 3.05) is 23.7 Å². The fraction of sp³-hybridized carbons (Fsp3) is 0.379. The summed E-state index contributed by atoms with van der Waals surface area (Å²) in [5, 5.41) is 9.82. The highest BCUT2D eigenvalue weighted by atomic mass is 32.2. The SMILES string of the molecule is C/C(N)=C/c1cc([C@@H](CC(=O)O)c2ccc(C)c(CN3CC4CCCN4c4ncccc4S3=O)c2)n(C)c1N. The molecular weight excluding hydrogens is 512 g/mol. The lowest BCUT2D eigenvalue weighted by Crippen LogP contribution is -2.38. The fourth-order valence-corrected chi connectivity index (χ4v) is 7.16. The molecule has 5 rings (SSSR count). The maximum atomic E-state index is 13.8. The van der Waals surface area contributed by atoms with Crippen LogP contribution in [0.3, 0.4) is 0 Å². The van der Waals surface area contributed by atoms with E-state index in [1.54, 1.807) is 19.2 Å². The molecule has 2 aliphatic rings. The smallest absolute Gasteiger partial charge is 0.304 e. The highest BCUT2D eigenvalue weighted by molar-refractivity contribution is 7.82. The van der Waals surface area contributed by atoms with Gasteiger partial charge in [0.2, 0.25) is 0 Å². The number of hydrogen-bond donors (Lipinski definition) is 3. The average Bonchev–Trinajstić information content (AvgIpc) is 3.44. The van der Waals surface area contributed by atoms with Crippen LogP contribution >= 0.6 is 0 Å². The monoisotopic (exact) mass is 548 g/mol. The maximum Gasteiger partial charge on any atom is 0.304 e. The van der Waals surface area contributed by atoms with E-state index in [2.05, 4.69) is 16.0 Å². The van der Waals surface area contributed by atoms with Crippen molar-refractivity contribution in [3.05, 3.63) is 76.2 Å². The number of fused-ring (bicyclic) bond motifs is 3. The van der Waals surface area contributed by atoms with E-state index in [1.165, 1.54) is 0 Å². The van der Waals surface area contributed by atoms with Gasteiger partial charge < -0.3 is 26.0 Å². The molecule has 2 aromatic heterocycles. The number of aromatic nitrogens is 2. The molecule has 0 amide bonds. The van der Waals surface area contributed by atoms with Crippen LogP contribution in [0.15, 0.2) is 53.2 Å². The van der Waals surface area contributed by atoms with Crippen molar-refractivity contribution in [2.45, 2.75) is 56.5 Å². The van der Waals surface area contributed by atoms with Gasteiger partial charge in [0, 0.05) is 61.8 Å². The Morgan fingerprint density at radius 3 is 2.85 bits per heavy atom. The summed E-state index contributed by atoms with van der Waals surface area (Å²) in [5.74, 6) is 0.0462. The number of anilines is 2. The molecule has 5 N–H and O–H groups in total. The van der Waals surface area contributed by atoms with Crippen LogP contribution in [0.1, 0.15) is 60.1 Å². The number of hydrogen-bond acceptors (Lipinski definition) is 6. The number of pyridine rings is 1. The van der Waals surface area contributed by atoms with Gasteiger partial charge in [0.15, 0.2) is 0 Å². The number of nitrogens with two attached hydrogens (primary N) is 2. The number of carbonyl (C=O) groups is 1. The zero-order valence-electron chi connectivity index (χ0n) is 22.6. The molecule has 10 heteroatoms. The zero-order valence-corrected chi connectivity index (χ0v) is 23.4. The van der Waals surface area contributed by atoms with Gasteiger partial charge in [-0.3, -0.25) is 4.79 Å². The first-order valence-corrected chi connectivity index (χ1v) is 14.3. The Labute approximate surface area is 231 Å². The lowest BCUT2D eigenvalue weighted by atomic mass is 9.89. The molecule has 3 aromatic rings. The molecule has 206 valence electrons. The molecule has 2 unspecified atom stereocenters. The molecular formula is C29H36N6O3S. The Morgan fingerprint density at radius 1 is 1.31 bits per heavy atom. The molecule has 1 saturated heterocycles. The summed E-state index contributed by atoms with van der Waals surface area (Å²) in [6.07, 6.45) is 5.61. The Bertz CT molecular complexity index is 1460. The third kappa shape index (κ3) is 5.31. The molecule has 2 aliphatic heterocycles. The standard InChI is InChI=1S/C29H36N6O3S/c1-18-8-9-20(24(15-27(36)37)25-14-21(12-19(2)30)28(31)33(25)3)13-22(18)16-34-17-23-6-5-11-35(23)29-26(39(34)38)7-4-10-32-29/h4,7-10,12-14,23-24H,5-6,11,15-17,30-31H2,1-3H3,(H,36,37)/b19-12-/t23?,24-,39?/m0/s1. The molecule has 3 atom stereocenters. The Morgan fingerprint density at radius 2 is 2.10 bits per heavy atom. The Balaban J connectivity index is 1.51. The van der Waals surface area contributed by atoms with Crippen molar-refractivity contribution >= 4 is 34.7 Å². The van der Waals surface area contributed by atoms with Gasteiger partial charge in [0.1, 0.15) is 22.6 Å². The van der Waals surface area contributed by atoms with E-state index in [0.717, 1.165) is 58.0 Å². The summed E-state index contributed by atoms with van der Waals surface area (Å²) >= 11 is 0. The number of aliphatic carboxylic acids is 1. The molecule has 0 bridgehead atoms. The van der Waals surface area contributed by atoms with Crippen molar-refractivity contribution < 1.29 is 14.1 Å². The second-order valence-electron chi connectivity index (χ2n) is 10.6. The van der Waals surface area contributed by atoms with Gasteiger partial charge in [-0.2, -0.15) is 0 Å². The minimum atomic E-state index is -1.36. The van der Waals surface area contributed by atoms with Crippen LogP contribution in [0, 0.1) is 6.92 Å². The van der Waals surface area contributed by atoms with Gasteiger partial charge in [0.05, 0.1) is 11.3 Å². The molecule has 0 spiro atoms. The Kier molecular flexibility index (Phi) is 7.51. The number of carboxylic acid groups (broad SMARTS) is 1. The van der Waals surface area contributed by atoms with E-state index in [-0.39, 0.29) is 12.5 Å². The van der Waals surface area contributed by atoms with Gasteiger partial charge >= 0.3 is 5.97 Å². The van der Waals surface area contributed by atoms with Crippen molar-refractivity contribution in [2.24, 2.45) is 12.8 Å². The van der Waals surface area contributed by atoms with Crippen molar-refractivity contribution in [1.82, 2.24) is 13.9 Å². The fourth-order valence-electron chi connectivity index (χ4n) is 5.80. The van der Waals surface area contributed by atoms with Crippen LogP contribution in [-0.2, 0) is 29.4 Å². The minimum Gasteiger partial charge on any atom is -0.481 e. The van der Waals surface area contributed by atoms with Crippen LogP contribution in [0.25, 0.3) is 6.08 Å². The topological polar surface area (TPSA) is 131 Å². The number of allylic oxidation sites excluding steroid dienone is 1. The lowest BCUT2D eigenvalue weighted by molar-refractivity contribution is -0.137. The number of carboxylic acids is 1. The van der Waals surface area contributed by atoms with E-state index >= 15 is 0 Å². The highest BCUT2D eigenvalue weighted by Crippen LogP contribution is 2.36. The van der Waals surface area contributed by atoms with Crippen LogP contribution in [0.5, 0.6) is 0 Å². The van der Waals surface area contributed by atoms with E-state index in [4.69, 9.17) is 11.5 Å². The maximum absolute atomic E-state index is 13.8. The largest absolute Gasteiger partial charge is 0.481 e. The Hall–Kier alpha value is -3.63. The quantitative estimate of drug-likeness (QED) is 0.410. The molecule has 0 saturated carbocycles. The number of nitrogen functional groups attached to an aromatic ring is 1. The second kappa shape index (κ2) is 10.9. The number of benzene rings is 1. The lowest BCUT2D eigenvalue weighted by Gasteiger charge is -2.26. The van der Waals surface area contributed by atoms with Gasteiger partial charge in [-0.1, -0.05) is 18.2 Å². The third-order valence-corrected chi connectivity index (χ3v) is 9.27. The molecule has 39 heavy (non-hydrogen) atoms. The van der Waals surface area contributed by atoms with Crippen molar-refractivity contribution in [3.63, 3.8) is 0 Å². The van der Waals surface area contributed by atoms with Crippen LogP contribution in [-0.4, -0.2) is 48.3 Å². The molecule has 0 aliphatic carbocycles. The molecule has 4 heterocycles. The summed E-state index contributed by atoms with van der Waals surface area (Å²) < 4.78 is 17.7. The second-order valence-corrected chi connectivity index (χ2v) is 12.0. The van der Waals surface area contributed by atoms with Crippen molar-refractivity contribution in [3.8, 4) is 0 Å². The van der Waals surface area contributed by atoms with Crippen LogP contribution in [0.2, 0.25) is 0 Å². The zero-order chi connectivity index (χ0) is 27.8. The molecule has 9 nitrogen and oxygen atoms in total. The molecule has 0 radical (unpaired) electrons. The first kappa shape index (κ1) is 27.0. The number of nitrogens with zero attached hydrogens (tertiary/aromatic N) is 4. The van der Waals surface area contributed by atoms with Crippen molar-refractivity contribution in [1.29, 1.82) is 0 Å². The normalized spacial score (nSPS) is 20.4. The number of rotatable bonds is 7. The summed E-state index contributed by atoms with van der Waals surface area (Å²) in [7, 11) is 0.481. The van der Waals surface area contributed by atoms with Crippen LogP contribution < -0.4 is 16.4 Å². The van der Waals surface area contributed by atoms with E-state index < -0.39 is 22.9 Å². The van der Waals surface area contributed by atoms with E-state index in [0.29, 0.717) is 24.6 Å². The number of aryl methyl sites for hydroxylation is 1. The molecule has 1 fully saturated rings. The predicted octanol–water partition coefficient (Wildman–Crippen LogP) is 3.74. The van der Waals surface area contributed by atoms with Gasteiger partial charge in [0.25, 0.3) is 0 Å².